The molecule has 4 nitrogen and oxygen atoms in total. The topological polar surface area (TPSA) is 55.9 Å². The third-order valence-electron chi connectivity index (χ3n) is 4.40. The van der Waals surface area contributed by atoms with Gasteiger partial charge in [0.2, 0.25) is 0 Å². The summed E-state index contributed by atoms with van der Waals surface area (Å²) in [7, 11) is 0. The predicted molar refractivity (Wildman–Crippen MR) is 78.6 cm³/mol. The van der Waals surface area contributed by atoms with Crippen molar-refractivity contribution < 1.29 is 0 Å². The number of nitrogens with one attached hydrogen (secondary N) is 1. The van der Waals surface area contributed by atoms with Crippen molar-refractivity contribution >= 4 is 0 Å². The van der Waals surface area contributed by atoms with Crippen LogP contribution in [0.2, 0.25) is 0 Å². The van der Waals surface area contributed by atoms with Crippen LogP contribution in [0.15, 0.2) is 6.07 Å². The summed E-state index contributed by atoms with van der Waals surface area (Å²) in [4.78, 5) is 0. The van der Waals surface area contributed by atoms with Crippen LogP contribution >= 0.6 is 0 Å². The van der Waals surface area contributed by atoms with Gasteiger partial charge in [-0.1, -0.05) is 25.7 Å². The standard InChI is InChI=1S/C15H28N4/c1-3-19-14(10-12(2)18-19)11-15(17-16)13-8-6-4-5-7-9-13/h10,13,15,17H,3-9,11,16H2,1-2H3. The zero-order valence-corrected chi connectivity index (χ0v) is 12.4. The Bertz CT molecular complexity index is 377. The molecule has 1 aliphatic rings. The monoisotopic (exact) mass is 264 g/mol. The zero-order chi connectivity index (χ0) is 13.7. The molecule has 0 aliphatic heterocycles. The Labute approximate surface area is 116 Å². The van der Waals surface area contributed by atoms with Gasteiger partial charge in [0.15, 0.2) is 0 Å². The zero-order valence-electron chi connectivity index (χ0n) is 12.4. The smallest absolute Gasteiger partial charge is 0.0596 e. The molecule has 1 atom stereocenters. The second-order valence-corrected chi connectivity index (χ2v) is 5.82. The van der Waals surface area contributed by atoms with Gasteiger partial charge in [-0.25, -0.2) is 0 Å². The molecule has 1 aliphatic carbocycles. The third kappa shape index (κ3) is 3.80. The first kappa shape index (κ1) is 14.5. The summed E-state index contributed by atoms with van der Waals surface area (Å²) in [6, 6.07) is 2.59. The fraction of sp³-hybridized carbons (Fsp3) is 0.800. The highest BCUT2D eigenvalue weighted by molar-refractivity contribution is 5.10. The molecule has 0 amide bonds. The van der Waals surface area contributed by atoms with Gasteiger partial charge in [0.1, 0.15) is 0 Å². The summed E-state index contributed by atoms with van der Waals surface area (Å²) in [6.45, 7) is 5.14. The molecule has 1 heterocycles. The van der Waals surface area contributed by atoms with Gasteiger partial charge >= 0.3 is 0 Å². The normalized spacial score (nSPS) is 19.3. The van der Waals surface area contributed by atoms with E-state index in [-0.39, 0.29) is 0 Å². The predicted octanol–water partition coefficient (Wildman–Crippen LogP) is 2.56. The van der Waals surface area contributed by atoms with Crippen LogP contribution in [0.4, 0.5) is 0 Å². The quantitative estimate of drug-likeness (QED) is 0.488. The first-order valence-corrected chi connectivity index (χ1v) is 7.74. The number of hydrogen-bond acceptors (Lipinski definition) is 3. The molecular weight excluding hydrogens is 236 g/mol. The molecule has 0 radical (unpaired) electrons. The van der Waals surface area contributed by atoms with Crippen molar-refractivity contribution in [2.45, 2.75) is 71.4 Å². The number of aryl methyl sites for hydroxylation is 2. The summed E-state index contributed by atoms with van der Waals surface area (Å²) in [5.41, 5.74) is 5.48. The first-order chi connectivity index (χ1) is 9.24. The van der Waals surface area contributed by atoms with Crippen LogP contribution in [0.3, 0.4) is 0 Å². The fourth-order valence-electron chi connectivity index (χ4n) is 3.34. The van der Waals surface area contributed by atoms with E-state index in [1.807, 2.05) is 0 Å². The SMILES string of the molecule is CCn1nc(C)cc1CC(NN)C1CCCCCC1. The van der Waals surface area contributed by atoms with Gasteiger partial charge in [-0.2, -0.15) is 5.10 Å². The Hall–Kier alpha value is -0.870. The molecular formula is C15H28N4. The van der Waals surface area contributed by atoms with E-state index in [1.54, 1.807) is 0 Å². The van der Waals surface area contributed by atoms with Gasteiger partial charge in [-0.3, -0.25) is 16.0 Å². The van der Waals surface area contributed by atoms with Crippen molar-refractivity contribution in [1.82, 2.24) is 15.2 Å². The van der Waals surface area contributed by atoms with Gasteiger partial charge < -0.3 is 0 Å². The lowest BCUT2D eigenvalue weighted by atomic mass is 9.89. The number of nitrogens with zero attached hydrogens (tertiary/aromatic N) is 2. The number of rotatable bonds is 5. The molecule has 0 saturated heterocycles. The first-order valence-electron chi connectivity index (χ1n) is 7.74. The second kappa shape index (κ2) is 7.06. The number of aromatic nitrogens is 2. The summed E-state index contributed by atoms with van der Waals surface area (Å²) >= 11 is 0. The van der Waals surface area contributed by atoms with Gasteiger partial charge in [-0.05, 0) is 38.7 Å². The molecule has 3 N–H and O–H groups in total. The van der Waals surface area contributed by atoms with E-state index in [1.165, 1.54) is 44.2 Å². The molecule has 108 valence electrons. The van der Waals surface area contributed by atoms with E-state index < -0.39 is 0 Å². The van der Waals surface area contributed by atoms with E-state index in [4.69, 9.17) is 5.84 Å². The van der Waals surface area contributed by atoms with Crippen LogP contribution in [0.25, 0.3) is 0 Å². The summed E-state index contributed by atoms with van der Waals surface area (Å²) in [6.07, 6.45) is 9.11. The van der Waals surface area contributed by atoms with Crippen molar-refractivity contribution in [3.63, 3.8) is 0 Å². The lowest BCUT2D eigenvalue weighted by Crippen LogP contribution is -2.42. The maximum Gasteiger partial charge on any atom is 0.0596 e. The number of hydrogen-bond donors (Lipinski definition) is 2. The van der Waals surface area contributed by atoms with Crippen LogP contribution in [0, 0.1) is 12.8 Å². The third-order valence-corrected chi connectivity index (χ3v) is 4.40. The molecule has 0 bridgehead atoms. The molecule has 0 aromatic carbocycles. The molecule has 1 unspecified atom stereocenters. The van der Waals surface area contributed by atoms with Crippen molar-refractivity contribution in [3.8, 4) is 0 Å². The molecule has 1 fully saturated rings. The Morgan fingerprint density at radius 3 is 2.63 bits per heavy atom. The number of nitrogens with two attached hydrogens (primary N) is 1. The lowest BCUT2D eigenvalue weighted by molar-refractivity contribution is 0.315. The summed E-state index contributed by atoms with van der Waals surface area (Å²) in [5, 5.41) is 4.53. The Kier molecular flexibility index (Phi) is 5.40. The maximum absolute atomic E-state index is 5.82. The van der Waals surface area contributed by atoms with E-state index in [0.29, 0.717) is 12.0 Å². The molecule has 4 heteroatoms. The molecule has 1 aromatic rings. The van der Waals surface area contributed by atoms with E-state index in [9.17, 15) is 0 Å². The molecule has 19 heavy (non-hydrogen) atoms. The van der Waals surface area contributed by atoms with E-state index in [0.717, 1.165) is 18.7 Å². The molecule has 0 spiro atoms. The van der Waals surface area contributed by atoms with Crippen molar-refractivity contribution in [1.29, 1.82) is 0 Å². The van der Waals surface area contributed by atoms with Gasteiger partial charge in [-0.15, -0.1) is 0 Å². The van der Waals surface area contributed by atoms with Crippen molar-refractivity contribution in [2.75, 3.05) is 0 Å². The van der Waals surface area contributed by atoms with Crippen molar-refractivity contribution in [3.05, 3.63) is 17.5 Å². The largest absolute Gasteiger partial charge is 0.271 e. The van der Waals surface area contributed by atoms with Crippen LogP contribution < -0.4 is 11.3 Å². The minimum Gasteiger partial charge on any atom is -0.271 e. The average molecular weight is 264 g/mol. The van der Waals surface area contributed by atoms with Crippen LogP contribution in [0.5, 0.6) is 0 Å². The highest BCUT2D eigenvalue weighted by Crippen LogP contribution is 2.27. The minimum absolute atomic E-state index is 0.388. The van der Waals surface area contributed by atoms with Crippen molar-refractivity contribution in [2.24, 2.45) is 11.8 Å². The average Bonchev–Trinajstić information content (AvgIpc) is 2.63. The summed E-state index contributed by atoms with van der Waals surface area (Å²) < 4.78 is 2.11. The highest BCUT2D eigenvalue weighted by atomic mass is 15.3. The summed E-state index contributed by atoms with van der Waals surface area (Å²) in [5.74, 6) is 6.54. The Morgan fingerprint density at radius 2 is 2.05 bits per heavy atom. The van der Waals surface area contributed by atoms with Crippen LogP contribution in [-0.2, 0) is 13.0 Å². The van der Waals surface area contributed by atoms with E-state index >= 15 is 0 Å². The minimum atomic E-state index is 0.388. The number of hydrazine groups is 1. The van der Waals surface area contributed by atoms with Gasteiger partial charge in [0.05, 0.1) is 5.69 Å². The maximum atomic E-state index is 5.82. The molecule has 2 rings (SSSR count). The Morgan fingerprint density at radius 1 is 1.37 bits per heavy atom. The van der Waals surface area contributed by atoms with E-state index in [2.05, 4.69) is 35.1 Å². The van der Waals surface area contributed by atoms with Gasteiger partial charge in [0.25, 0.3) is 0 Å². The second-order valence-electron chi connectivity index (χ2n) is 5.82. The lowest BCUT2D eigenvalue weighted by Gasteiger charge is -2.25. The fourth-order valence-corrected chi connectivity index (χ4v) is 3.34. The molecule has 1 saturated carbocycles. The van der Waals surface area contributed by atoms with Crippen LogP contribution in [-0.4, -0.2) is 15.8 Å². The van der Waals surface area contributed by atoms with Crippen LogP contribution in [0.1, 0.15) is 56.8 Å². The van der Waals surface area contributed by atoms with Gasteiger partial charge in [0, 0.05) is 24.7 Å². The Balaban J connectivity index is 2.04. The molecule has 1 aromatic heterocycles. The highest BCUT2D eigenvalue weighted by Gasteiger charge is 2.23.